The summed E-state index contributed by atoms with van der Waals surface area (Å²) in [4.78, 5) is 33.8. The highest BCUT2D eigenvalue weighted by Gasteiger charge is 2.61. The van der Waals surface area contributed by atoms with Gasteiger partial charge in [0.05, 0.1) is 12.2 Å². The van der Waals surface area contributed by atoms with Crippen molar-refractivity contribution in [1.82, 2.24) is 20.1 Å². The van der Waals surface area contributed by atoms with Crippen molar-refractivity contribution < 1.29 is 41.0 Å². The molecule has 0 radical (unpaired) electrons. The Morgan fingerprint density at radius 3 is 2.06 bits per heavy atom. The predicted molar refractivity (Wildman–Crippen MR) is 175 cm³/mol. The number of hydrogen-bond acceptors (Lipinski definition) is 5. The number of aromatic nitrogens is 1. The van der Waals surface area contributed by atoms with E-state index in [2.05, 4.69) is 16.3 Å². The van der Waals surface area contributed by atoms with Gasteiger partial charge in [-0.05, 0) is 71.5 Å². The summed E-state index contributed by atoms with van der Waals surface area (Å²) in [6.07, 6.45) is -7.36. The average Bonchev–Trinajstić information content (AvgIpc) is 3.85. The van der Waals surface area contributed by atoms with E-state index in [1.54, 1.807) is 18.2 Å². The third-order valence-corrected chi connectivity index (χ3v) is 10.7. The number of hydrogen-bond donors (Lipinski definition) is 2. The van der Waals surface area contributed by atoms with Crippen LogP contribution < -0.4 is 5.32 Å². The minimum atomic E-state index is -5.10. The van der Waals surface area contributed by atoms with E-state index in [-0.39, 0.29) is 6.42 Å². The zero-order valence-electron chi connectivity index (χ0n) is 27.1. The number of pyridine rings is 1. The minimum Gasteiger partial charge on any atom is -0.480 e. The summed E-state index contributed by atoms with van der Waals surface area (Å²) >= 11 is 0. The Balaban J connectivity index is 1.15. The number of carboxylic acids is 1. The van der Waals surface area contributed by atoms with Gasteiger partial charge in [0.1, 0.15) is 11.5 Å². The van der Waals surface area contributed by atoms with Crippen LogP contribution in [0.5, 0.6) is 0 Å². The first-order chi connectivity index (χ1) is 23.7. The Bertz CT molecular complexity index is 1940. The number of carbonyl (C=O) groups is 2. The molecule has 3 aliphatic rings. The molecule has 7 nitrogen and oxygen atoms in total. The van der Waals surface area contributed by atoms with Crippen LogP contribution >= 0.6 is 0 Å². The predicted octanol–water partition coefficient (Wildman–Crippen LogP) is 6.97. The number of alkyl halides is 6. The number of likely N-dealkylation sites (tertiary alicyclic amines) is 2. The number of carbonyl (C=O) groups excluding carboxylic acids is 1. The van der Waals surface area contributed by atoms with Crippen LogP contribution in [0.3, 0.4) is 0 Å². The summed E-state index contributed by atoms with van der Waals surface area (Å²) in [7, 11) is 0. The van der Waals surface area contributed by atoms with Crippen LogP contribution in [0.1, 0.15) is 36.8 Å². The van der Waals surface area contributed by atoms with Gasteiger partial charge in [-0.2, -0.15) is 26.3 Å². The van der Waals surface area contributed by atoms with Crippen LogP contribution in [0, 0.1) is 10.8 Å². The maximum absolute atomic E-state index is 14.4. The molecule has 1 atom stereocenters. The third kappa shape index (κ3) is 6.53. The zero-order chi connectivity index (χ0) is 35.5. The van der Waals surface area contributed by atoms with Crippen LogP contribution in [0.4, 0.5) is 26.3 Å². The number of halogens is 6. The normalized spacial score (nSPS) is 19.7. The molecule has 2 saturated heterocycles. The van der Waals surface area contributed by atoms with Crippen molar-refractivity contribution in [2.45, 2.75) is 57.0 Å². The molecular weight excluding hydrogens is 662 g/mol. The van der Waals surface area contributed by atoms with Gasteiger partial charge in [0.2, 0.25) is 5.91 Å². The molecule has 1 spiro atoms. The monoisotopic (exact) mass is 698 g/mol. The number of aliphatic carboxylic acids is 1. The highest BCUT2D eigenvalue weighted by atomic mass is 19.4. The summed E-state index contributed by atoms with van der Waals surface area (Å²) in [6.45, 7) is 0.393. The molecule has 0 unspecified atom stereocenters. The number of carboxylic acid groups (broad SMARTS) is 1. The summed E-state index contributed by atoms with van der Waals surface area (Å²) < 4.78 is 81.8. The molecule has 3 aromatic carbocycles. The molecule has 13 heteroatoms. The molecule has 0 bridgehead atoms. The first-order valence-corrected chi connectivity index (χ1v) is 16.7. The lowest BCUT2D eigenvalue weighted by Gasteiger charge is -2.42. The third-order valence-electron chi connectivity index (χ3n) is 10.7. The Morgan fingerprint density at radius 2 is 1.42 bits per heavy atom. The topological polar surface area (TPSA) is 85.8 Å². The van der Waals surface area contributed by atoms with E-state index in [1.807, 2.05) is 42.6 Å². The number of amides is 1. The maximum Gasteiger partial charge on any atom is 0.403 e. The Morgan fingerprint density at radius 1 is 0.800 bits per heavy atom. The van der Waals surface area contributed by atoms with Crippen molar-refractivity contribution in [3.63, 3.8) is 0 Å². The van der Waals surface area contributed by atoms with E-state index in [4.69, 9.17) is 4.98 Å². The van der Waals surface area contributed by atoms with Crippen molar-refractivity contribution in [2.24, 2.45) is 10.8 Å². The Labute approximate surface area is 284 Å². The van der Waals surface area contributed by atoms with Crippen LogP contribution in [0.25, 0.3) is 32.8 Å². The summed E-state index contributed by atoms with van der Waals surface area (Å²) in [5, 5.41) is 15.6. The quantitative estimate of drug-likeness (QED) is 0.184. The van der Waals surface area contributed by atoms with E-state index in [0.29, 0.717) is 16.4 Å². The Kier molecular flexibility index (Phi) is 8.57. The summed E-state index contributed by atoms with van der Waals surface area (Å²) in [5.41, 5.74) is 0.674. The molecule has 1 aromatic heterocycles. The van der Waals surface area contributed by atoms with Crippen LogP contribution in [0.2, 0.25) is 0 Å². The van der Waals surface area contributed by atoms with E-state index in [1.165, 1.54) is 12.8 Å². The SMILES string of the molecule is O=C(O)[C@H](Cc1cccc2c(-c3ncc(CN4CC5(CC5)C4)c4ccccc34)cccc12)NC(=O)C1(C(F)(F)F)CCN(CC(F)(F)F)CC1. The number of benzene rings is 3. The van der Waals surface area contributed by atoms with Gasteiger partial charge in [-0.1, -0.05) is 60.7 Å². The number of nitrogens with one attached hydrogen (secondary N) is 1. The van der Waals surface area contributed by atoms with E-state index in [9.17, 15) is 41.0 Å². The molecule has 50 heavy (non-hydrogen) atoms. The van der Waals surface area contributed by atoms with Gasteiger partial charge in [-0.3, -0.25) is 19.6 Å². The van der Waals surface area contributed by atoms with Crippen molar-refractivity contribution in [3.05, 3.63) is 78.0 Å². The molecule has 3 heterocycles. The number of rotatable bonds is 9. The van der Waals surface area contributed by atoms with Gasteiger partial charge in [-0.15, -0.1) is 0 Å². The number of piperidine rings is 1. The highest BCUT2D eigenvalue weighted by Crippen LogP contribution is 2.53. The molecule has 264 valence electrons. The zero-order valence-corrected chi connectivity index (χ0v) is 27.1. The molecular formula is C37H36F6N4O3. The second kappa shape index (κ2) is 12.5. The second-order valence-electron chi connectivity index (χ2n) is 14.2. The van der Waals surface area contributed by atoms with Crippen LogP contribution in [0.15, 0.2) is 66.9 Å². The Hall–Kier alpha value is -4.23. The average molecular weight is 699 g/mol. The van der Waals surface area contributed by atoms with Gasteiger partial charge in [-0.25, -0.2) is 4.79 Å². The summed E-state index contributed by atoms with van der Waals surface area (Å²) in [6, 6.07) is 17.1. The van der Waals surface area contributed by atoms with Crippen molar-refractivity contribution in [3.8, 4) is 11.3 Å². The smallest absolute Gasteiger partial charge is 0.403 e. The molecule has 1 aliphatic carbocycles. The molecule has 2 N–H and O–H groups in total. The molecule has 2 aliphatic heterocycles. The molecule has 3 fully saturated rings. The highest BCUT2D eigenvalue weighted by molar-refractivity contribution is 6.05. The van der Waals surface area contributed by atoms with Gasteiger partial charge < -0.3 is 10.4 Å². The molecule has 7 rings (SSSR count). The fourth-order valence-electron chi connectivity index (χ4n) is 7.80. The van der Waals surface area contributed by atoms with E-state index in [0.717, 1.165) is 57.5 Å². The lowest BCUT2D eigenvalue weighted by Crippen LogP contribution is -2.59. The first kappa shape index (κ1) is 34.2. The van der Waals surface area contributed by atoms with Crippen molar-refractivity contribution in [1.29, 1.82) is 0 Å². The van der Waals surface area contributed by atoms with E-state index < -0.39 is 68.2 Å². The molecule has 1 amide bonds. The molecule has 4 aromatic rings. The number of fused-ring (bicyclic) bond motifs is 2. The van der Waals surface area contributed by atoms with Crippen molar-refractivity contribution in [2.75, 3.05) is 32.7 Å². The molecule has 1 saturated carbocycles. The minimum absolute atomic E-state index is 0.319. The first-order valence-electron chi connectivity index (χ1n) is 16.7. The van der Waals surface area contributed by atoms with Crippen LogP contribution in [-0.4, -0.2) is 82.9 Å². The summed E-state index contributed by atoms with van der Waals surface area (Å²) in [5.74, 6) is -3.08. The van der Waals surface area contributed by atoms with Crippen molar-refractivity contribution >= 4 is 33.4 Å². The second-order valence-corrected chi connectivity index (χ2v) is 14.2. The van der Waals surface area contributed by atoms with Gasteiger partial charge in [0, 0.05) is 43.2 Å². The fraction of sp³-hybridized carbons (Fsp3) is 0.432. The van der Waals surface area contributed by atoms with Gasteiger partial charge in [0.15, 0.2) is 0 Å². The lowest BCUT2D eigenvalue weighted by molar-refractivity contribution is -0.236. The number of nitrogens with zero attached hydrogens (tertiary/aromatic N) is 3. The van der Waals surface area contributed by atoms with Crippen LogP contribution in [-0.2, 0) is 22.6 Å². The standard InChI is InChI=1S/C37H36F6N4O3/c38-36(39,40)22-46-15-13-35(14-16-46,37(41,42)43)33(50)45-30(32(48)49)17-23-5-3-9-27-25(23)8-4-10-29(27)31-28-7-2-1-6-26(28)24(18-44-31)19-47-20-34(21-47)11-12-34/h1-10,18,30H,11-17,19-22H2,(H,45,50)(H,48,49)/t30-/m0/s1. The lowest BCUT2D eigenvalue weighted by atomic mass is 9.76. The maximum atomic E-state index is 14.4. The largest absolute Gasteiger partial charge is 0.480 e. The van der Waals surface area contributed by atoms with E-state index >= 15 is 0 Å². The van der Waals surface area contributed by atoms with Gasteiger partial charge >= 0.3 is 18.3 Å². The van der Waals surface area contributed by atoms with Gasteiger partial charge in [0.25, 0.3) is 0 Å². The fourth-order valence-corrected chi connectivity index (χ4v) is 7.80.